The van der Waals surface area contributed by atoms with Crippen LogP contribution in [0.2, 0.25) is 10.0 Å². The van der Waals surface area contributed by atoms with E-state index >= 15 is 0 Å². The minimum Gasteiger partial charge on any atom is -0.374 e. The summed E-state index contributed by atoms with van der Waals surface area (Å²) in [6.07, 6.45) is 1.90. The maximum Gasteiger partial charge on any atom is 0.0871 e. The van der Waals surface area contributed by atoms with Crippen LogP contribution in [0.1, 0.15) is 18.9 Å². The molecule has 2 atom stereocenters. The van der Waals surface area contributed by atoms with Gasteiger partial charge in [-0.3, -0.25) is 16.2 Å². The lowest BCUT2D eigenvalue weighted by molar-refractivity contribution is -0.0462. The largest absolute Gasteiger partial charge is 0.374 e. The number of halogens is 2. The summed E-state index contributed by atoms with van der Waals surface area (Å²) in [5, 5.41) is 1.39. The van der Waals surface area contributed by atoms with Crippen LogP contribution in [0, 0.1) is 0 Å². The van der Waals surface area contributed by atoms with E-state index in [0.717, 1.165) is 38.2 Å². The Morgan fingerprint density at radius 3 is 3.00 bits per heavy atom. The van der Waals surface area contributed by atoms with Gasteiger partial charge < -0.3 is 4.74 Å². The Kier molecular flexibility index (Phi) is 6.74. The summed E-state index contributed by atoms with van der Waals surface area (Å²) >= 11 is 12.3. The molecule has 1 aromatic carbocycles. The summed E-state index contributed by atoms with van der Waals surface area (Å²) in [7, 11) is 0. The second-order valence-corrected chi connectivity index (χ2v) is 6.27. The zero-order valence-electron chi connectivity index (χ0n) is 12.3. The van der Waals surface area contributed by atoms with E-state index in [1.54, 1.807) is 6.07 Å². The molecule has 1 aromatic rings. The summed E-state index contributed by atoms with van der Waals surface area (Å²) in [4.78, 5) is 2.41. The third-order valence-corrected chi connectivity index (χ3v) is 4.43. The third kappa shape index (κ3) is 4.81. The van der Waals surface area contributed by atoms with Gasteiger partial charge in [0.05, 0.1) is 18.8 Å². The third-order valence-electron chi connectivity index (χ3n) is 3.83. The van der Waals surface area contributed by atoms with Gasteiger partial charge in [0.2, 0.25) is 0 Å². The summed E-state index contributed by atoms with van der Waals surface area (Å²) < 4.78 is 5.89. The van der Waals surface area contributed by atoms with Crippen molar-refractivity contribution in [3.63, 3.8) is 0 Å². The van der Waals surface area contributed by atoms with Crippen molar-refractivity contribution in [1.82, 2.24) is 10.3 Å². The van der Waals surface area contributed by atoms with Crippen LogP contribution >= 0.6 is 23.2 Å². The smallest absolute Gasteiger partial charge is 0.0871 e. The van der Waals surface area contributed by atoms with E-state index < -0.39 is 0 Å². The van der Waals surface area contributed by atoms with Crippen LogP contribution in [-0.4, -0.2) is 43.3 Å². The van der Waals surface area contributed by atoms with E-state index in [-0.39, 0.29) is 12.1 Å². The van der Waals surface area contributed by atoms with Gasteiger partial charge in [-0.1, -0.05) is 30.1 Å². The van der Waals surface area contributed by atoms with Crippen molar-refractivity contribution >= 4 is 23.2 Å². The second-order valence-electron chi connectivity index (χ2n) is 5.42. The lowest BCUT2D eigenvalue weighted by Gasteiger charge is -2.36. The van der Waals surface area contributed by atoms with Gasteiger partial charge >= 0.3 is 0 Å². The van der Waals surface area contributed by atoms with E-state index in [2.05, 4.69) is 17.2 Å². The van der Waals surface area contributed by atoms with Crippen molar-refractivity contribution in [2.24, 2.45) is 5.84 Å². The molecule has 1 aliphatic rings. The van der Waals surface area contributed by atoms with Crippen LogP contribution in [0.5, 0.6) is 0 Å². The van der Waals surface area contributed by atoms with E-state index in [9.17, 15) is 0 Å². The van der Waals surface area contributed by atoms with Crippen molar-refractivity contribution in [2.75, 3.05) is 26.2 Å². The summed E-state index contributed by atoms with van der Waals surface area (Å²) in [5.41, 5.74) is 3.87. The van der Waals surface area contributed by atoms with Gasteiger partial charge in [0.15, 0.2) is 0 Å². The molecule has 3 N–H and O–H groups in total. The molecule has 118 valence electrons. The highest BCUT2D eigenvalue weighted by Gasteiger charge is 2.27. The highest BCUT2D eigenvalue weighted by Crippen LogP contribution is 2.23. The Morgan fingerprint density at radius 2 is 2.29 bits per heavy atom. The first-order chi connectivity index (χ1) is 10.1. The van der Waals surface area contributed by atoms with Crippen molar-refractivity contribution in [3.05, 3.63) is 33.8 Å². The predicted octanol–water partition coefficient (Wildman–Crippen LogP) is 2.48. The highest BCUT2D eigenvalue weighted by molar-refractivity contribution is 6.33. The normalized spacial score (nSPS) is 21.4. The fourth-order valence-electron chi connectivity index (χ4n) is 2.73. The lowest BCUT2D eigenvalue weighted by atomic mass is 10.0. The molecule has 2 rings (SSSR count). The van der Waals surface area contributed by atoms with Gasteiger partial charge in [-0.05, 0) is 43.1 Å². The standard InChI is InChI=1S/C15H23Cl2N3O/c1-2-5-20-6-7-21-15(10-20)14(19-18)9-11-8-12(16)3-4-13(11)17/h3-4,8,14-15,19H,2,5-7,9-10,18H2,1H3. The number of morpholine rings is 1. The van der Waals surface area contributed by atoms with Gasteiger partial charge in [0.1, 0.15) is 0 Å². The highest BCUT2D eigenvalue weighted by atomic mass is 35.5. The maximum absolute atomic E-state index is 6.24. The number of nitrogens with one attached hydrogen (secondary N) is 1. The van der Waals surface area contributed by atoms with Crippen molar-refractivity contribution in [3.8, 4) is 0 Å². The van der Waals surface area contributed by atoms with E-state index in [4.69, 9.17) is 33.8 Å². The van der Waals surface area contributed by atoms with Crippen LogP contribution in [0.25, 0.3) is 0 Å². The maximum atomic E-state index is 6.24. The van der Waals surface area contributed by atoms with Crippen LogP contribution in [0.15, 0.2) is 18.2 Å². The zero-order valence-corrected chi connectivity index (χ0v) is 13.8. The van der Waals surface area contributed by atoms with Crippen LogP contribution in [0.3, 0.4) is 0 Å². The molecular formula is C15H23Cl2N3O. The molecule has 2 unspecified atom stereocenters. The van der Waals surface area contributed by atoms with Crippen molar-refractivity contribution in [2.45, 2.75) is 31.9 Å². The molecule has 0 aliphatic carbocycles. The van der Waals surface area contributed by atoms with E-state index in [1.165, 1.54) is 0 Å². The summed E-state index contributed by atoms with van der Waals surface area (Å²) in [5.74, 6) is 5.73. The Morgan fingerprint density at radius 1 is 1.48 bits per heavy atom. The van der Waals surface area contributed by atoms with Gasteiger partial charge in [-0.15, -0.1) is 0 Å². The number of hydrogen-bond acceptors (Lipinski definition) is 4. The Balaban J connectivity index is 2.03. The first kappa shape index (κ1) is 17.0. The Labute approximate surface area is 136 Å². The molecule has 1 heterocycles. The van der Waals surface area contributed by atoms with E-state index in [0.29, 0.717) is 16.5 Å². The quantitative estimate of drug-likeness (QED) is 0.621. The number of hydrogen-bond donors (Lipinski definition) is 2. The van der Waals surface area contributed by atoms with Crippen molar-refractivity contribution < 1.29 is 4.74 Å². The number of rotatable bonds is 6. The monoisotopic (exact) mass is 331 g/mol. The average Bonchev–Trinajstić information content (AvgIpc) is 2.49. The number of nitrogens with zero attached hydrogens (tertiary/aromatic N) is 1. The number of benzene rings is 1. The fraction of sp³-hybridized carbons (Fsp3) is 0.600. The van der Waals surface area contributed by atoms with Gasteiger partial charge in [-0.25, -0.2) is 0 Å². The lowest BCUT2D eigenvalue weighted by Crippen LogP contribution is -2.54. The van der Waals surface area contributed by atoms with Gasteiger partial charge in [0.25, 0.3) is 0 Å². The molecule has 1 aliphatic heterocycles. The van der Waals surface area contributed by atoms with Gasteiger partial charge in [0, 0.05) is 23.1 Å². The minimum absolute atomic E-state index is 0.0145. The van der Waals surface area contributed by atoms with Gasteiger partial charge in [-0.2, -0.15) is 0 Å². The topological polar surface area (TPSA) is 50.5 Å². The molecule has 0 radical (unpaired) electrons. The molecule has 0 saturated carbocycles. The SMILES string of the molecule is CCCN1CCOC(C(Cc2cc(Cl)ccc2Cl)NN)C1. The average molecular weight is 332 g/mol. The first-order valence-electron chi connectivity index (χ1n) is 7.38. The first-order valence-corrected chi connectivity index (χ1v) is 8.13. The molecule has 21 heavy (non-hydrogen) atoms. The molecule has 1 saturated heterocycles. The molecule has 4 nitrogen and oxygen atoms in total. The zero-order chi connectivity index (χ0) is 15.2. The fourth-order valence-corrected chi connectivity index (χ4v) is 3.12. The van der Waals surface area contributed by atoms with Crippen LogP contribution < -0.4 is 11.3 Å². The summed E-state index contributed by atoms with van der Waals surface area (Å²) in [6, 6.07) is 5.51. The molecule has 0 amide bonds. The van der Waals surface area contributed by atoms with Crippen LogP contribution in [0.4, 0.5) is 0 Å². The molecular weight excluding hydrogens is 309 g/mol. The Hall–Kier alpha value is -0.360. The molecule has 1 fully saturated rings. The second kappa shape index (κ2) is 8.32. The number of hydrazine groups is 1. The Bertz CT molecular complexity index is 457. The summed E-state index contributed by atoms with van der Waals surface area (Å²) in [6.45, 7) is 5.90. The molecule has 0 aromatic heterocycles. The minimum atomic E-state index is 0.0145. The van der Waals surface area contributed by atoms with Crippen molar-refractivity contribution in [1.29, 1.82) is 0 Å². The number of ether oxygens (including phenoxy) is 1. The molecule has 0 spiro atoms. The number of nitrogens with two attached hydrogens (primary N) is 1. The van der Waals surface area contributed by atoms with Crippen LogP contribution in [-0.2, 0) is 11.2 Å². The molecule has 6 heteroatoms. The molecule has 0 bridgehead atoms. The van der Waals surface area contributed by atoms with E-state index in [1.807, 2.05) is 12.1 Å². The predicted molar refractivity (Wildman–Crippen MR) is 87.7 cm³/mol.